The third-order valence-corrected chi connectivity index (χ3v) is 5.61. The summed E-state index contributed by atoms with van der Waals surface area (Å²) in [7, 11) is 1.67. The van der Waals surface area contributed by atoms with Gasteiger partial charge in [0.05, 0.1) is 6.04 Å². The van der Waals surface area contributed by atoms with Crippen LogP contribution in [0.5, 0.6) is 0 Å². The summed E-state index contributed by atoms with van der Waals surface area (Å²) in [6, 6.07) is 14.3. The van der Waals surface area contributed by atoms with Gasteiger partial charge in [-0.25, -0.2) is 4.39 Å². The molecular formula is C25H29FN4O3. The van der Waals surface area contributed by atoms with Gasteiger partial charge in [-0.1, -0.05) is 42.5 Å². The average Bonchev–Trinajstić information content (AvgIpc) is 2.83. The number of nitrogens with one attached hydrogen (secondary N) is 2. The van der Waals surface area contributed by atoms with E-state index >= 15 is 0 Å². The van der Waals surface area contributed by atoms with Crippen molar-refractivity contribution in [1.82, 2.24) is 20.4 Å². The molecule has 1 heterocycles. The molecule has 2 aromatic carbocycles. The largest absolute Gasteiger partial charge is 0.343 e. The van der Waals surface area contributed by atoms with Gasteiger partial charge in [0.1, 0.15) is 18.4 Å². The van der Waals surface area contributed by atoms with Gasteiger partial charge < -0.3 is 20.4 Å². The molecule has 0 bridgehead atoms. The van der Waals surface area contributed by atoms with Crippen LogP contribution in [0.15, 0.2) is 67.0 Å². The highest BCUT2D eigenvalue weighted by Gasteiger charge is 2.30. The van der Waals surface area contributed by atoms with E-state index in [4.69, 9.17) is 0 Å². The summed E-state index contributed by atoms with van der Waals surface area (Å²) < 4.78 is 13.1. The number of amides is 3. The van der Waals surface area contributed by atoms with Crippen LogP contribution in [0.3, 0.4) is 0 Å². The van der Waals surface area contributed by atoms with E-state index < -0.39 is 12.1 Å². The predicted molar refractivity (Wildman–Crippen MR) is 123 cm³/mol. The van der Waals surface area contributed by atoms with Crippen LogP contribution in [0.4, 0.5) is 4.39 Å². The van der Waals surface area contributed by atoms with Gasteiger partial charge in [-0.05, 0) is 43.7 Å². The van der Waals surface area contributed by atoms with Gasteiger partial charge in [-0.3, -0.25) is 14.4 Å². The van der Waals surface area contributed by atoms with E-state index in [0.29, 0.717) is 19.4 Å². The first-order valence-corrected chi connectivity index (χ1v) is 10.9. The maximum Gasteiger partial charge on any atom is 0.249 e. The smallest absolute Gasteiger partial charge is 0.249 e. The van der Waals surface area contributed by atoms with E-state index in [1.54, 1.807) is 43.4 Å². The average molecular weight is 453 g/mol. The second-order valence-electron chi connectivity index (χ2n) is 7.99. The molecule has 7 nitrogen and oxygen atoms in total. The minimum atomic E-state index is -0.807. The van der Waals surface area contributed by atoms with Crippen molar-refractivity contribution in [2.75, 3.05) is 20.1 Å². The number of hydrogen-bond donors (Lipinski definition) is 2. The van der Waals surface area contributed by atoms with Crippen LogP contribution in [-0.4, -0.2) is 59.7 Å². The Morgan fingerprint density at radius 3 is 2.36 bits per heavy atom. The molecule has 33 heavy (non-hydrogen) atoms. The first-order valence-electron chi connectivity index (χ1n) is 10.9. The van der Waals surface area contributed by atoms with Crippen molar-refractivity contribution < 1.29 is 18.8 Å². The van der Waals surface area contributed by atoms with E-state index in [0.717, 1.165) is 11.1 Å². The molecule has 0 fully saturated rings. The van der Waals surface area contributed by atoms with Crippen LogP contribution in [0.1, 0.15) is 18.1 Å². The molecule has 3 rings (SSSR count). The lowest BCUT2D eigenvalue weighted by atomic mass is 10.0. The maximum absolute atomic E-state index is 13.2. The van der Waals surface area contributed by atoms with Crippen LogP contribution >= 0.6 is 0 Å². The number of hydrogen-bond acceptors (Lipinski definition) is 4. The van der Waals surface area contributed by atoms with Crippen LogP contribution in [0.25, 0.3) is 0 Å². The Hall–Kier alpha value is -3.52. The molecule has 8 heteroatoms. The van der Waals surface area contributed by atoms with E-state index in [1.165, 1.54) is 17.0 Å². The normalized spacial score (nSPS) is 15.3. The molecular weight excluding hydrogens is 423 g/mol. The van der Waals surface area contributed by atoms with Crippen LogP contribution in [0, 0.1) is 5.82 Å². The number of rotatable bonds is 9. The molecule has 0 aliphatic carbocycles. The lowest BCUT2D eigenvalue weighted by Crippen LogP contribution is -2.54. The third-order valence-electron chi connectivity index (χ3n) is 5.61. The van der Waals surface area contributed by atoms with Gasteiger partial charge in [0.2, 0.25) is 17.7 Å². The molecule has 3 amide bonds. The monoisotopic (exact) mass is 452 g/mol. The van der Waals surface area contributed by atoms with Crippen molar-refractivity contribution in [2.45, 2.75) is 31.8 Å². The molecule has 0 radical (unpaired) electrons. The quantitative estimate of drug-likeness (QED) is 0.609. The number of halogens is 1. The van der Waals surface area contributed by atoms with Crippen molar-refractivity contribution >= 4 is 17.7 Å². The molecule has 0 spiro atoms. The summed E-state index contributed by atoms with van der Waals surface area (Å²) >= 11 is 0. The number of benzene rings is 2. The number of carbonyl (C=O) groups excluding carboxylic acids is 3. The summed E-state index contributed by atoms with van der Waals surface area (Å²) in [4.78, 5) is 41.3. The van der Waals surface area contributed by atoms with E-state index in [2.05, 4.69) is 10.6 Å². The van der Waals surface area contributed by atoms with Crippen molar-refractivity contribution in [3.8, 4) is 0 Å². The molecule has 1 aliphatic heterocycles. The van der Waals surface area contributed by atoms with E-state index in [9.17, 15) is 18.8 Å². The Kier molecular flexibility index (Phi) is 8.32. The zero-order chi connectivity index (χ0) is 23.8. The standard InChI is InChI=1S/C25H29FN4O3/c1-18(27-2)24(32)28-22(16-20-6-4-3-5-7-20)25(33)30-15-14-29(23(31)17-30)13-12-19-8-10-21(26)11-9-19/h3-11,14-15,18,22,27H,12-13,16-17H2,1-2H3,(H,28,32)/t18-,22-/m0/s1. The predicted octanol–water partition coefficient (Wildman–Crippen LogP) is 1.85. The minimum absolute atomic E-state index is 0.110. The van der Waals surface area contributed by atoms with Crippen LogP contribution < -0.4 is 10.6 Å². The Labute approximate surface area is 193 Å². The molecule has 0 unspecified atom stereocenters. The van der Waals surface area contributed by atoms with Crippen LogP contribution in [-0.2, 0) is 27.2 Å². The molecule has 0 aromatic heterocycles. The Morgan fingerprint density at radius 1 is 1.03 bits per heavy atom. The van der Waals surface area contributed by atoms with Gasteiger partial charge in [-0.2, -0.15) is 0 Å². The highest BCUT2D eigenvalue weighted by atomic mass is 19.1. The topological polar surface area (TPSA) is 81.8 Å². The van der Waals surface area contributed by atoms with E-state index in [-0.39, 0.29) is 30.1 Å². The number of carbonyl (C=O) groups is 3. The first kappa shape index (κ1) is 24.1. The SMILES string of the molecule is CN[C@@H](C)C(=O)N[C@@H](Cc1ccccc1)C(=O)N1C=CN(CCc2ccc(F)cc2)C(=O)C1. The summed E-state index contributed by atoms with van der Waals surface area (Å²) in [6.45, 7) is 2.02. The Bertz CT molecular complexity index is 994. The van der Waals surface area contributed by atoms with Crippen molar-refractivity contribution in [1.29, 1.82) is 0 Å². The molecule has 2 N–H and O–H groups in total. The fourth-order valence-corrected chi connectivity index (χ4v) is 3.46. The highest BCUT2D eigenvalue weighted by molar-refractivity contribution is 5.93. The van der Waals surface area contributed by atoms with Crippen molar-refractivity contribution in [3.05, 3.63) is 83.9 Å². The zero-order valence-corrected chi connectivity index (χ0v) is 18.8. The molecule has 0 saturated heterocycles. The number of nitrogens with zero attached hydrogens (tertiary/aromatic N) is 2. The molecule has 0 saturated carbocycles. The zero-order valence-electron chi connectivity index (χ0n) is 18.8. The maximum atomic E-state index is 13.2. The molecule has 2 atom stereocenters. The summed E-state index contributed by atoms with van der Waals surface area (Å²) in [5, 5.41) is 5.67. The molecule has 174 valence electrons. The lowest BCUT2D eigenvalue weighted by molar-refractivity contribution is -0.140. The van der Waals surface area contributed by atoms with Crippen molar-refractivity contribution in [3.63, 3.8) is 0 Å². The van der Waals surface area contributed by atoms with Crippen molar-refractivity contribution in [2.24, 2.45) is 0 Å². The summed E-state index contributed by atoms with van der Waals surface area (Å²) in [6.07, 6.45) is 4.03. The first-order chi connectivity index (χ1) is 15.9. The number of likely N-dealkylation sites (N-methyl/N-ethyl adjacent to an activating group) is 1. The summed E-state index contributed by atoms with van der Waals surface area (Å²) in [5.74, 6) is -1.16. The van der Waals surface area contributed by atoms with Gasteiger partial charge in [0.25, 0.3) is 0 Å². The highest BCUT2D eigenvalue weighted by Crippen LogP contribution is 2.12. The van der Waals surface area contributed by atoms with Gasteiger partial charge in [0, 0.05) is 25.4 Å². The van der Waals surface area contributed by atoms with E-state index in [1.807, 2.05) is 30.3 Å². The Morgan fingerprint density at radius 2 is 1.73 bits per heavy atom. The Balaban J connectivity index is 1.67. The fourth-order valence-electron chi connectivity index (χ4n) is 3.46. The minimum Gasteiger partial charge on any atom is -0.343 e. The second kappa shape index (κ2) is 11.4. The molecule has 1 aliphatic rings. The van der Waals surface area contributed by atoms with Crippen LogP contribution in [0.2, 0.25) is 0 Å². The van der Waals surface area contributed by atoms with Gasteiger partial charge in [0.15, 0.2) is 0 Å². The van der Waals surface area contributed by atoms with Gasteiger partial charge in [-0.15, -0.1) is 0 Å². The lowest BCUT2D eigenvalue weighted by Gasteiger charge is -2.31. The second-order valence-corrected chi connectivity index (χ2v) is 7.99. The van der Waals surface area contributed by atoms with Gasteiger partial charge >= 0.3 is 0 Å². The molecule has 2 aromatic rings. The fraction of sp³-hybridized carbons (Fsp3) is 0.320. The third kappa shape index (κ3) is 6.73. The summed E-state index contributed by atoms with van der Waals surface area (Å²) in [5.41, 5.74) is 1.82.